The van der Waals surface area contributed by atoms with E-state index >= 15 is 0 Å². The van der Waals surface area contributed by atoms with Crippen LogP contribution in [0.4, 0.5) is 14.5 Å². The summed E-state index contributed by atoms with van der Waals surface area (Å²) in [6.07, 6.45) is -2.75. The zero-order valence-corrected chi connectivity index (χ0v) is 9.86. The topological polar surface area (TPSA) is 72.3 Å². The van der Waals surface area contributed by atoms with Gasteiger partial charge in [-0.05, 0) is 12.1 Å². The van der Waals surface area contributed by atoms with E-state index in [0.717, 1.165) is 0 Å². The highest BCUT2D eigenvalue weighted by atomic mass is 79.9. The van der Waals surface area contributed by atoms with Crippen LogP contribution in [0.3, 0.4) is 0 Å². The van der Waals surface area contributed by atoms with Crippen molar-refractivity contribution < 1.29 is 13.9 Å². The number of aromatic hydroxyl groups is 1. The molecule has 3 nitrogen and oxygen atoms in total. The molecule has 86 valence electrons. The molecule has 1 aromatic carbocycles. The highest BCUT2D eigenvalue weighted by Gasteiger charge is 2.24. The van der Waals surface area contributed by atoms with Gasteiger partial charge in [0.25, 0.3) is 6.43 Å². The molecule has 0 heterocycles. The first-order valence-electron chi connectivity index (χ1n) is 3.75. The van der Waals surface area contributed by atoms with E-state index in [1.165, 1.54) is 12.1 Å². The molecule has 0 radical (unpaired) electrons. The third-order valence-corrected chi connectivity index (χ3v) is 2.49. The SMILES string of the molecule is Cl.Nc1ccc(Br)c([C@H](N)C(F)F)c1O. The fourth-order valence-corrected chi connectivity index (χ4v) is 1.63. The number of nitrogen functional groups attached to an aromatic ring is 1. The zero-order valence-electron chi connectivity index (χ0n) is 7.45. The lowest BCUT2D eigenvalue weighted by Gasteiger charge is -2.15. The van der Waals surface area contributed by atoms with E-state index in [1.54, 1.807) is 0 Å². The fraction of sp³-hybridized carbons (Fsp3) is 0.250. The molecule has 0 aliphatic heterocycles. The number of hydrogen-bond acceptors (Lipinski definition) is 3. The highest BCUT2D eigenvalue weighted by Crippen LogP contribution is 2.37. The maximum atomic E-state index is 12.3. The molecule has 0 fully saturated rings. The van der Waals surface area contributed by atoms with Gasteiger partial charge in [-0.2, -0.15) is 0 Å². The third kappa shape index (κ3) is 2.93. The van der Waals surface area contributed by atoms with Crippen LogP contribution in [0.1, 0.15) is 11.6 Å². The lowest BCUT2D eigenvalue weighted by molar-refractivity contribution is 0.115. The van der Waals surface area contributed by atoms with Crippen LogP contribution in [-0.4, -0.2) is 11.5 Å². The molecule has 7 heteroatoms. The molecule has 0 saturated carbocycles. The Bertz CT molecular complexity index is 352. The molecule has 0 saturated heterocycles. The molecule has 0 aliphatic rings. The van der Waals surface area contributed by atoms with Crippen LogP contribution in [0.15, 0.2) is 16.6 Å². The van der Waals surface area contributed by atoms with Crippen LogP contribution >= 0.6 is 28.3 Å². The summed E-state index contributed by atoms with van der Waals surface area (Å²) in [5.41, 5.74) is 10.5. The largest absolute Gasteiger partial charge is 0.505 e. The van der Waals surface area contributed by atoms with Crippen LogP contribution < -0.4 is 11.5 Å². The zero-order chi connectivity index (χ0) is 10.9. The van der Waals surface area contributed by atoms with Gasteiger partial charge in [0.15, 0.2) is 0 Å². The first kappa shape index (κ1) is 14.4. The van der Waals surface area contributed by atoms with Crippen molar-refractivity contribution in [2.24, 2.45) is 5.73 Å². The van der Waals surface area contributed by atoms with Gasteiger partial charge in [-0.1, -0.05) is 15.9 Å². The normalized spacial score (nSPS) is 12.3. The molecular formula is C8H10BrClF2N2O. The van der Waals surface area contributed by atoms with Crippen LogP contribution in [0.2, 0.25) is 0 Å². The number of rotatable bonds is 2. The van der Waals surface area contributed by atoms with Gasteiger partial charge < -0.3 is 16.6 Å². The predicted octanol–water partition coefficient (Wildman–Crippen LogP) is 2.42. The van der Waals surface area contributed by atoms with Crippen molar-refractivity contribution in [2.75, 3.05) is 5.73 Å². The molecule has 1 rings (SSSR count). The van der Waals surface area contributed by atoms with Crippen molar-refractivity contribution in [3.05, 3.63) is 22.2 Å². The summed E-state index contributed by atoms with van der Waals surface area (Å²) in [5.74, 6) is -0.396. The van der Waals surface area contributed by atoms with Crippen molar-refractivity contribution in [2.45, 2.75) is 12.5 Å². The Morgan fingerprint density at radius 3 is 2.33 bits per heavy atom. The van der Waals surface area contributed by atoms with Crippen molar-refractivity contribution in [1.82, 2.24) is 0 Å². The summed E-state index contributed by atoms with van der Waals surface area (Å²) in [5, 5.41) is 9.43. The molecule has 15 heavy (non-hydrogen) atoms. The minimum atomic E-state index is -2.75. The number of phenolic OH excluding ortho intramolecular Hbond substituents is 1. The van der Waals surface area contributed by atoms with Gasteiger partial charge in [-0.25, -0.2) is 8.78 Å². The number of benzene rings is 1. The van der Waals surface area contributed by atoms with Crippen molar-refractivity contribution in [3.8, 4) is 5.75 Å². The maximum absolute atomic E-state index is 12.3. The number of nitrogens with two attached hydrogens (primary N) is 2. The fourth-order valence-electron chi connectivity index (χ4n) is 1.04. The molecule has 1 atom stereocenters. The van der Waals surface area contributed by atoms with Gasteiger partial charge in [-0.15, -0.1) is 12.4 Å². The molecule has 0 bridgehead atoms. The minimum Gasteiger partial charge on any atom is -0.505 e. The molecule has 0 aliphatic carbocycles. The first-order chi connectivity index (χ1) is 6.45. The van der Waals surface area contributed by atoms with Gasteiger partial charge in [0.1, 0.15) is 5.75 Å². The average molecular weight is 304 g/mol. The van der Waals surface area contributed by atoms with E-state index in [-0.39, 0.29) is 23.7 Å². The molecule has 0 amide bonds. The van der Waals surface area contributed by atoms with Crippen molar-refractivity contribution in [1.29, 1.82) is 0 Å². The molecular weight excluding hydrogens is 293 g/mol. The summed E-state index contributed by atoms with van der Waals surface area (Å²) in [7, 11) is 0. The maximum Gasteiger partial charge on any atom is 0.257 e. The number of hydrogen-bond donors (Lipinski definition) is 3. The van der Waals surface area contributed by atoms with Crippen LogP contribution in [0.5, 0.6) is 5.75 Å². The lowest BCUT2D eigenvalue weighted by atomic mass is 10.1. The van der Waals surface area contributed by atoms with E-state index in [1.807, 2.05) is 0 Å². The van der Waals surface area contributed by atoms with Crippen LogP contribution in [0, 0.1) is 0 Å². The Hall–Kier alpha value is -0.590. The van der Waals surface area contributed by atoms with Gasteiger partial charge in [-0.3, -0.25) is 0 Å². The van der Waals surface area contributed by atoms with Gasteiger partial charge in [0, 0.05) is 10.0 Å². The number of halogens is 4. The summed E-state index contributed by atoms with van der Waals surface area (Å²) in [4.78, 5) is 0. The van der Waals surface area contributed by atoms with Crippen LogP contribution in [0.25, 0.3) is 0 Å². The second-order valence-electron chi connectivity index (χ2n) is 2.76. The lowest BCUT2D eigenvalue weighted by Crippen LogP contribution is -2.19. The monoisotopic (exact) mass is 302 g/mol. The molecule has 5 N–H and O–H groups in total. The molecule has 1 aromatic rings. The number of anilines is 1. The Morgan fingerprint density at radius 2 is 1.87 bits per heavy atom. The summed E-state index contributed by atoms with van der Waals surface area (Å²) in [6, 6.07) is 1.32. The number of alkyl halides is 2. The van der Waals surface area contributed by atoms with Gasteiger partial charge >= 0.3 is 0 Å². The van der Waals surface area contributed by atoms with Crippen molar-refractivity contribution in [3.63, 3.8) is 0 Å². The van der Waals surface area contributed by atoms with Gasteiger partial charge in [0.05, 0.1) is 11.7 Å². The van der Waals surface area contributed by atoms with Crippen molar-refractivity contribution >= 4 is 34.0 Å². The Morgan fingerprint density at radius 1 is 1.33 bits per heavy atom. The van der Waals surface area contributed by atoms with E-state index < -0.39 is 18.2 Å². The van der Waals surface area contributed by atoms with Gasteiger partial charge in [0.2, 0.25) is 0 Å². The minimum absolute atomic E-state index is 0. The van der Waals surface area contributed by atoms with E-state index in [2.05, 4.69) is 15.9 Å². The summed E-state index contributed by atoms with van der Waals surface area (Å²) in [6.45, 7) is 0. The van der Waals surface area contributed by atoms with E-state index in [4.69, 9.17) is 11.5 Å². The Kier molecular flexibility index (Phi) is 5.27. The van der Waals surface area contributed by atoms with E-state index in [9.17, 15) is 13.9 Å². The molecule has 0 aromatic heterocycles. The summed E-state index contributed by atoms with van der Waals surface area (Å²) < 4.78 is 24.9. The molecule has 0 spiro atoms. The highest BCUT2D eigenvalue weighted by molar-refractivity contribution is 9.10. The first-order valence-corrected chi connectivity index (χ1v) is 4.55. The average Bonchev–Trinajstić information content (AvgIpc) is 2.12. The predicted molar refractivity (Wildman–Crippen MR) is 60.4 cm³/mol. The Balaban J connectivity index is 0.00000196. The Labute approximate surface area is 100.0 Å². The quantitative estimate of drug-likeness (QED) is 0.580. The second-order valence-corrected chi connectivity index (χ2v) is 3.61. The number of phenols is 1. The molecule has 0 unspecified atom stereocenters. The smallest absolute Gasteiger partial charge is 0.257 e. The van der Waals surface area contributed by atoms with E-state index in [0.29, 0.717) is 4.47 Å². The third-order valence-electron chi connectivity index (χ3n) is 1.80. The van der Waals surface area contributed by atoms with Crippen LogP contribution in [-0.2, 0) is 0 Å². The summed E-state index contributed by atoms with van der Waals surface area (Å²) >= 11 is 3.02. The second kappa shape index (κ2) is 5.48. The standard InChI is InChI=1S/C8H9BrF2N2O.ClH/c9-3-1-2-4(12)7(14)5(3)6(13)8(10)11;/h1-2,6,8,14H,12-13H2;1H/t6-;/m0./s1.